The third-order valence-corrected chi connectivity index (χ3v) is 5.94. The molecule has 3 aromatic rings. The van der Waals surface area contributed by atoms with Gasteiger partial charge >= 0.3 is 6.09 Å². The zero-order valence-electron chi connectivity index (χ0n) is 22.5. The van der Waals surface area contributed by atoms with Gasteiger partial charge < -0.3 is 35.6 Å². The third-order valence-electron chi connectivity index (χ3n) is 5.94. The van der Waals surface area contributed by atoms with Gasteiger partial charge in [-0.05, 0) is 56.2 Å². The van der Waals surface area contributed by atoms with E-state index in [1.165, 1.54) is 6.07 Å². The van der Waals surface area contributed by atoms with E-state index >= 15 is 0 Å². The highest BCUT2D eigenvalue weighted by Crippen LogP contribution is 2.33. The zero-order chi connectivity index (χ0) is 28.7. The number of phenols is 1. The molecule has 2 unspecified atom stereocenters. The van der Waals surface area contributed by atoms with Crippen LogP contribution < -0.4 is 10.6 Å². The Morgan fingerprint density at radius 1 is 0.974 bits per heavy atom. The maximum absolute atomic E-state index is 13.8. The van der Waals surface area contributed by atoms with E-state index in [4.69, 9.17) is 4.74 Å². The van der Waals surface area contributed by atoms with Crippen LogP contribution in [0.4, 0.5) is 10.5 Å². The fourth-order valence-electron chi connectivity index (χ4n) is 4.14. The largest absolute Gasteiger partial charge is 0.507 e. The molecule has 0 aliphatic carbocycles. The molecule has 0 radical (unpaired) electrons. The fourth-order valence-corrected chi connectivity index (χ4v) is 4.14. The van der Waals surface area contributed by atoms with Crippen LogP contribution in [0.2, 0.25) is 0 Å². The Morgan fingerprint density at radius 3 is 2.31 bits per heavy atom. The molecule has 3 amide bonds. The summed E-state index contributed by atoms with van der Waals surface area (Å²) in [7, 11) is 0. The van der Waals surface area contributed by atoms with Crippen molar-refractivity contribution < 1.29 is 34.4 Å². The molecule has 39 heavy (non-hydrogen) atoms. The molecule has 0 saturated heterocycles. The molecule has 10 heteroatoms. The highest BCUT2D eigenvalue weighted by atomic mass is 16.6. The van der Waals surface area contributed by atoms with Crippen LogP contribution in [-0.4, -0.2) is 69.5 Å². The van der Waals surface area contributed by atoms with E-state index in [1.54, 1.807) is 52.0 Å². The Hall–Kier alpha value is -4.15. The summed E-state index contributed by atoms with van der Waals surface area (Å²) >= 11 is 0. The summed E-state index contributed by atoms with van der Waals surface area (Å²) in [6, 6.07) is 14.8. The van der Waals surface area contributed by atoms with Crippen molar-refractivity contribution >= 4 is 34.4 Å². The molecule has 0 saturated carbocycles. The Balaban J connectivity index is 2.01. The lowest BCUT2D eigenvalue weighted by atomic mass is 9.99. The molecular weight excluding hydrogens is 502 g/mol. The molecule has 5 N–H and O–H groups in total. The highest BCUT2D eigenvalue weighted by Gasteiger charge is 2.37. The van der Waals surface area contributed by atoms with E-state index in [-0.39, 0.29) is 17.9 Å². The number of rotatable bonds is 9. The molecule has 208 valence electrons. The van der Waals surface area contributed by atoms with Crippen molar-refractivity contribution in [2.45, 2.75) is 45.4 Å². The van der Waals surface area contributed by atoms with Gasteiger partial charge in [-0.15, -0.1) is 0 Å². The fraction of sp³-hybridized carbons (Fsp3) is 0.345. The minimum Gasteiger partial charge on any atom is -0.507 e. The van der Waals surface area contributed by atoms with Gasteiger partial charge in [0.05, 0.1) is 13.2 Å². The second kappa shape index (κ2) is 12.6. The molecule has 0 fully saturated rings. The second-order valence-electron chi connectivity index (χ2n) is 10.1. The Kier molecular flexibility index (Phi) is 9.50. The Morgan fingerprint density at radius 2 is 1.67 bits per heavy atom. The number of fused-ring (bicyclic) bond motifs is 1. The summed E-state index contributed by atoms with van der Waals surface area (Å²) < 4.78 is 5.20. The number of anilines is 1. The van der Waals surface area contributed by atoms with Crippen molar-refractivity contribution in [3.63, 3.8) is 0 Å². The average Bonchev–Trinajstić information content (AvgIpc) is 2.87. The molecule has 3 aromatic carbocycles. The lowest BCUT2D eigenvalue weighted by molar-refractivity contribution is -0.142. The van der Waals surface area contributed by atoms with Crippen molar-refractivity contribution in [1.29, 1.82) is 0 Å². The van der Waals surface area contributed by atoms with Gasteiger partial charge in [0.25, 0.3) is 5.91 Å². The van der Waals surface area contributed by atoms with Gasteiger partial charge in [-0.1, -0.05) is 48.5 Å². The number of phenolic OH excluding ortho intramolecular Hbond substituents is 1. The molecular formula is C29H35N3O7. The summed E-state index contributed by atoms with van der Waals surface area (Å²) in [5, 5.41) is 37.6. The highest BCUT2D eigenvalue weighted by molar-refractivity contribution is 6.00. The number of nitrogens with zero attached hydrogens (tertiary/aromatic N) is 1. The van der Waals surface area contributed by atoms with Crippen LogP contribution in [-0.2, 0) is 14.3 Å². The minimum absolute atomic E-state index is 0.115. The third kappa shape index (κ3) is 7.46. The van der Waals surface area contributed by atoms with Crippen LogP contribution in [0.3, 0.4) is 0 Å². The van der Waals surface area contributed by atoms with Gasteiger partial charge in [0.1, 0.15) is 23.4 Å². The molecule has 0 bridgehead atoms. The molecule has 0 heterocycles. The molecule has 0 aromatic heterocycles. The quantitative estimate of drug-likeness (QED) is 0.281. The van der Waals surface area contributed by atoms with Gasteiger partial charge in [-0.2, -0.15) is 0 Å². The predicted molar refractivity (Wildman–Crippen MR) is 147 cm³/mol. The van der Waals surface area contributed by atoms with Crippen molar-refractivity contribution in [2.75, 3.05) is 25.1 Å². The first-order valence-corrected chi connectivity index (χ1v) is 12.5. The molecule has 0 spiro atoms. The van der Waals surface area contributed by atoms with Gasteiger partial charge in [0.2, 0.25) is 5.91 Å². The summed E-state index contributed by atoms with van der Waals surface area (Å²) in [5.41, 5.74) is 0.188. The van der Waals surface area contributed by atoms with Crippen LogP contribution in [0.5, 0.6) is 5.75 Å². The van der Waals surface area contributed by atoms with Crippen LogP contribution in [0.25, 0.3) is 10.8 Å². The summed E-state index contributed by atoms with van der Waals surface area (Å²) in [6.07, 6.45) is -0.936. The van der Waals surface area contributed by atoms with Crippen molar-refractivity contribution in [3.05, 3.63) is 71.8 Å². The lowest BCUT2D eigenvalue weighted by Gasteiger charge is -2.34. The number of aliphatic hydroxyl groups is 2. The molecule has 2 atom stereocenters. The van der Waals surface area contributed by atoms with Crippen LogP contribution in [0.15, 0.2) is 60.7 Å². The first-order valence-electron chi connectivity index (χ1n) is 12.5. The predicted octanol–water partition coefficient (Wildman–Crippen LogP) is 3.24. The zero-order valence-corrected chi connectivity index (χ0v) is 22.5. The molecule has 10 nitrogen and oxygen atoms in total. The SMILES string of the molecule is Cc1cccc(C(C(=O)Nc2ccc3ccccc3c2)N(CCO)C(=O)C(CO)NC(=O)OC(C)(C)C)c1O. The van der Waals surface area contributed by atoms with E-state index in [0.717, 1.165) is 15.7 Å². The van der Waals surface area contributed by atoms with Gasteiger partial charge in [-0.3, -0.25) is 9.59 Å². The summed E-state index contributed by atoms with van der Waals surface area (Å²) in [6.45, 7) is 4.95. The Labute approximate surface area is 227 Å². The number of nitrogens with one attached hydrogen (secondary N) is 2. The normalized spacial score (nSPS) is 12.9. The smallest absolute Gasteiger partial charge is 0.408 e. The molecule has 0 aliphatic heterocycles. The van der Waals surface area contributed by atoms with Crippen LogP contribution in [0, 0.1) is 6.92 Å². The van der Waals surface area contributed by atoms with Crippen molar-refractivity contribution in [1.82, 2.24) is 10.2 Å². The van der Waals surface area contributed by atoms with E-state index in [2.05, 4.69) is 10.6 Å². The first-order chi connectivity index (χ1) is 18.4. The standard InChI is InChI=1S/C29H35N3O7/c1-18-8-7-11-22(25(18)35)24(26(36)30-21-13-12-19-9-5-6-10-20(19)16-21)32(14-15-33)27(37)23(17-34)31-28(38)39-29(2,3)4/h5-13,16,23-24,33-35H,14-15,17H2,1-4H3,(H,30,36)(H,31,38). The first kappa shape index (κ1) is 29.4. The van der Waals surface area contributed by atoms with E-state index in [9.17, 15) is 29.7 Å². The maximum Gasteiger partial charge on any atom is 0.408 e. The summed E-state index contributed by atoms with van der Waals surface area (Å²) in [5.74, 6) is -1.72. The number of hydrogen-bond donors (Lipinski definition) is 5. The van der Waals surface area contributed by atoms with E-state index < -0.39 is 48.8 Å². The monoisotopic (exact) mass is 537 g/mol. The van der Waals surface area contributed by atoms with Crippen LogP contribution in [0.1, 0.15) is 37.9 Å². The van der Waals surface area contributed by atoms with Crippen molar-refractivity contribution in [3.8, 4) is 5.75 Å². The number of benzene rings is 3. The molecule has 0 aliphatic rings. The van der Waals surface area contributed by atoms with E-state index in [1.807, 2.05) is 30.3 Å². The number of aliphatic hydroxyl groups excluding tert-OH is 2. The number of carbonyl (C=O) groups excluding carboxylic acids is 3. The number of para-hydroxylation sites is 1. The number of amides is 3. The van der Waals surface area contributed by atoms with Gasteiger partial charge in [0.15, 0.2) is 0 Å². The van der Waals surface area contributed by atoms with Crippen molar-refractivity contribution in [2.24, 2.45) is 0 Å². The number of hydrogen-bond acceptors (Lipinski definition) is 7. The topological polar surface area (TPSA) is 148 Å². The second-order valence-corrected chi connectivity index (χ2v) is 10.1. The lowest BCUT2D eigenvalue weighted by Crippen LogP contribution is -2.54. The van der Waals surface area contributed by atoms with Gasteiger partial charge in [-0.25, -0.2) is 4.79 Å². The number of aryl methyl sites for hydroxylation is 1. The molecule has 3 rings (SSSR count). The number of carbonyl (C=O) groups is 3. The summed E-state index contributed by atoms with van der Waals surface area (Å²) in [4.78, 5) is 40.8. The average molecular weight is 538 g/mol. The number of alkyl carbamates (subject to hydrolysis) is 1. The minimum atomic E-state index is -1.48. The van der Waals surface area contributed by atoms with E-state index in [0.29, 0.717) is 11.3 Å². The Bertz CT molecular complexity index is 1340. The number of aromatic hydroxyl groups is 1. The number of ether oxygens (including phenoxy) is 1. The maximum atomic E-state index is 13.8. The van der Waals surface area contributed by atoms with Crippen LogP contribution >= 0.6 is 0 Å². The van der Waals surface area contributed by atoms with Gasteiger partial charge in [0, 0.05) is 17.8 Å².